The van der Waals surface area contributed by atoms with Crippen LogP contribution in [0, 0.1) is 11.8 Å². The second-order valence-corrected chi connectivity index (χ2v) is 4.34. The molecule has 0 aromatic heterocycles. The third-order valence-corrected chi connectivity index (χ3v) is 3.22. The Morgan fingerprint density at radius 1 is 1.19 bits per heavy atom. The van der Waals surface area contributed by atoms with Gasteiger partial charge in [-0.15, -0.1) is 0 Å². The predicted octanol–water partition coefficient (Wildman–Crippen LogP) is 2.90. The average molecular weight is 216 g/mol. The molecule has 0 amide bonds. The lowest BCUT2D eigenvalue weighted by atomic mass is 9.79. The number of carboxylic acids is 1. The van der Waals surface area contributed by atoms with E-state index in [1.54, 1.807) is 0 Å². The van der Waals surface area contributed by atoms with Gasteiger partial charge in [-0.2, -0.15) is 0 Å². The molecule has 16 heavy (non-hydrogen) atoms. The Kier molecular flexibility index (Phi) is 3.40. The minimum atomic E-state index is -0.662. The van der Waals surface area contributed by atoms with Gasteiger partial charge in [0.05, 0.1) is 5.92 Å². The summed E-state index contributed by atoms with van der Waals surface area (Å²) in [6.45, 7) is 0. The molecule has 0 aliphatic heterocycles. The van der Waals surface area contributed by atoms with Crippen molar-refractivity contribution < 1.29 is 9.90 Å². The molecule has 2 unspecified atom stereocenters. The van der Waals surface area contributed by atoms with E-state index in [9.17, 15) is 4.79 Å². The van der Waals surface area contributed by atoms with Crippen molar-refractivity contribution in [2.75, 3.05) is 0 Å². The maximum atomic E-state index is 11.1. The minimum absolute atomic E-state index is 0.217. The molecule has 2 atom stereocenters. The van der Waals surface area contributed by atoms with Gasteiger partial charge in [0.1, 0.15) is 0 Å². The van der Waals surface area contributed by atoms with Gasteiger partial charge in [-0.05, 0) is 30.7 Å². The number of carbonyl (C=O) groups is 1. The molecule has 1 aromatic rings. The van der Waals surface area contributed by atoms with Gasteiger partial charge >= 0.3 is 5.97 Å². The molecule has 2 heteroatoms. The monoisotopic (exact) mass is 216 g/mol. The maximum absolute atomic E-state index is 11.1. The molecule has 84 valence electrons. The van der Waals surface area contributed by atoms with Crippen LogP contribution in [0.5, 0.6) is 0 Å². The topological polar surface area (TPSA) is 37.3 Å². The van der Waals surface area contributed by atoms with Crippen molar-refractivity contribution in [3.8, 4) is 0 Å². The first-order valence-electron chi connectivity index (χ1n) is 5.69. The molecule has 0 spiro atoms. The maximum Gasteiger partial charge on any atom is 0.307 e. The van der Waals surface area contributed by atoms with Crippen LogP contribution in [-0.4, -0.2) is 11.1 Å². The quantitative estimate of drug-likeness (QED) is 0.789. The highest BCUT2D eigenvalue weighted by Gasteiger charge is 2.28. The summed E-state index contributed by atoms with van der Waals surface area (Å²) in [4.78, 5) is 11.1. The number of carboxylic acid groups (broad SMARTS) is 1. The largest absolute Gasteiger partial charge is 0.481 e. The molecule has 2 rings (SSSR count). The summed E-state index contributed by atoms with van der Waals surface area (Å²) in [7, 11) is 0. The van der Waals surface area contributed by atoms with Gasteiger partial charge in [0.25, 0.3) is 0 Å². The third-order valence-electron chi connectivity index (χ3n) is 3.22. The van der Waals surface area contributed by atoms with Crippen molar-refractivity contribution >= 4 is 5.97 Å². The van der Waals surface area contributed by atoms with Gasteiger partial charge in [-0.25, -0.2) is 0 Å². The molecule has 0 fully saturated rings. The van der Waals surface area contributed by atoms with Gasteiger partial charge in [0.2, 0.25) is 0 Å². The molecule has 0 saturated carbocycles. The summed E-state index contributed by atoms with van der Waals surface area (Å²) in [6, 6.07) is 10.1. The molecule has 0 bridgehead atoms. The Bertz CT molecular complexity index is 381. The first-order valence-corrected chi connectivity index (χ1v) is 5.69. The fourth-order valence-electron chi connectivity index (χ4n) is 2.32. The van der Waals surface area contributed by atoms with Crippen molar-refractivity contribution in [2.24, 2.45) is 11.8 Å². The van der Waals surface area contributed by atoms with Crippen LogP contribution in [0.15, 0.2) is 42.5 Å². The molecular weight excluding hydrogens is 200 g/mol. The molecular formula is C14H16O2. The second kappa shape index (κ2) is 4.97. The normalized spacial score (nSPS) is 24.2. The highest BCUT2D eigenvalue weighted by atomic mass is 16.4. The van der Waals surface area contributed by atoms with Gasteiger partial charge < -0.3 is 5.11 Å². The SMILES string of the molecule is O=C(O)C1CC=CCC1Cc1ccccc1. The average Bonchev–Trinajstić information content (AvgIpc) is 2.31. The summed E-state index contributed by atoms with van der Waals surface area (Å²) < 4.78 is 0. The summed E-state index contributed by atoms with van der Waals surface area (Å²) in [5, 5.41) is 9.15. The summed E-state index contributed by atoms with van der Waals surface area (Å²) in [5.41, 5.74) is 1.23. The zero-order valence-corrected chi connectivity index (χ0v) is 9.17. The van der Waals surface area contributed by atoms with Crippen LogP contribution in [0.2, 0.25) is 0 Å². The second-order valence-electron chi connectivity index (χ2n) is 4.34. The lowest BCUT2D eigenvalue weighted by Gasteiger charge is -2.25. The van der Waals surface area contributed by atoms with Gasteiger partial charge in [-0.1, -0.05) is 42.5 Å². The first kappa shape index (κ1) is 10.9. The standard InChI is InChI=1S/C14H16O2/c15-14(16)13-9-5-4-8-12(13)10-11-6-2-1-3-7-11/h1-7,12-13H,8-10H2,(H,15,16). The summed E-state index contributed by atoms with van der Waals surface area (Å²) in [6.07, 6.45) is 6.51. The minimum Gasteiger partial charge on any atom is -0.481 e. The van der Waals surface area contributed by atoms with Crippen molar-refractivity contribution in [1.29, 1.82) is 0 Å². The molecule has 1 aliphatic carbocycles. The Morgan fingerprint density at radius 3 is 2.56 bits per heavy atom. The Labute approximate surface area is 95.6 Å². The highest BCUT2D eigenvalue weighted by Crippen LogP contribution is 2.28. The number of hydrogen-bond donors (Lipinski definition) is 1. The van der Waals surface area contributed by atoms with Crippen LogP contribution >= 0.6 is 0 Å². The van der Waals surface area contributed by atoms with E-state index in [0.717, 1.165) is 12.8 Å². The Balaban J connectivity index is 2.08. The molecule has 1 aromatic carbocycles. The van der Waals surface area contributed by atoms with E-state index in [4.69, 9.17) is 5.11 Å². The number of hydrogen-bond acceptors (Lipinski definition) is 1. The molecule has 1 N–H and O–H groups in total. The predicted molar refractivity (Wildman–Crippen MR) is 63.1 cm³/mol. The zero-order valence-electron chi connectivity index (χ0n) is 9.17. The van der Waals surface area contributed by atoms with Crippen molar-refractivity contribution in [1.82, 2.24) is 0 Å². The van der Waals surface area contributed by atoms with Crippen LogP contribution in [0.1, 0.15) is 18.4 Å². The van der Waals surface area contributed by atoms with Crippen LogP contribution in [0.3, 0.4) is 0 Å². The summed E-state index contributed by atoms with van der Waals surface area (Å²) >= 11 is 0. The lowest BCUT2D eigenvalue weighted by Crippen LogP contribution is -2.26. The Morgan fingerprint density at radius 2 is 1.88 bits per heavy atom. The van der Waals surface area contributed by atoms with Gasteiger partial charge in [0.15, 0.2) is 0 Å². The fourth-order valence-corrected chi connectivity index (χ4v) is 2.32. The van der Waals surface area contributed by atoms with Crippen LogP contribution in [0.4, 0.5) is 0 Å². The van der Waals surface area contributed by atoms with E-state index in [-0.39, 0.29) is 11.8 Å². The van der Waals surface area contributed by atoms with Crippen molar-refractivity contribution in [2.45, 2.75) is 19.3 Å². The molecule has 0 saturated heterocycles. The number of allylic oxidation sites excluding steroid dienone is 2. The Hall–Kier alpha value is -1.57. The van der Waals surface area contributed by atoms with Gasteiger partial charge in [0, 0.05) is 0 Å². The molecule has 0 radical (unpaired) electrons. The van der Waals surface area contributed by atoms with Crippen molar-refractivity contribution in [3.63, 3.8) is 0 Å². The highest BCUT2D eigenvalue weighted by molar-refractivity contribution is 5.71. The fraction of sp³-hybridized carbons (Fsp3) is 0.357. The molecule has 0 heterocycles. The van der Waals surface area contributed by atoms with Crippen molar-refractivity contribution in [3.05, 3.63) is 48.0 Å². The number of aliphatic carboxylic acids is 1. The van der Waals surface area contributed by atoms with E-state index in [1.807, 2.05) is 24.3 Å². The van der Waals surface area contributed by atoms with Crippen LogP contribution in [-0.2, 0) is 11.2 Å². The van der Waals surface area contributed by atoms with E-state index in [1.165, 1.54) is 5.56 Å². The van der Waals surface area contributed by atoms with E-state index in [2.05, 4.69) is 18.2 Å². The first-order chi connectivity index (χ1) is 7.77. The van der Waals surface area contributed by atoms with E-state index in [0.29, 0.717) is 6.42 Å². The third kappa shape index (κ3) is 2.51. The van der Waals surface area contributed by atoms with Crippen LogP contribution < -0.4 is 0 Å². The number of benzene rings is 1. The zero-order chi connectivity index (χ0) is 11.4. The van der Waals surface area contributed by atoms with E-state index >= 15 is 0 Å². The smallest absolute Gasteiger partial charge is 0.307 e. The number of rotatable bonds is 3. The van der Waals surface area contributed by atoms with Gasteiger partial charge in [-0.3, -0.25) is 4.79 Å². The van der Waals surface area contributed by atoms with Crippen LogP contribution in [0.25, 0.3) is 0 Å². The van der Waals surface area contributed by atoms with E-state index < -0.39 is 5.97 Å². The molecule has 2 nitrogen and oxygen atoms in total. The summed E-state index contributed by atoms with van der Waals surface area (Å²) in [5.74, 6) is -0.639. The molecule has 1 aliphatic rings. The lowest BCUT2D eigenvalue weighted by molar-refractivity contribution is -0.143.